The van der Waals surface area contributed by atoms with E-state index in [9.17, 15) is 4.79 Å². The SMILES string of the molecule is CCOc1ncccc1C(=O)N1CCc2ccc(OC)cc2CC1. The second-order valence-electron chi connectivity index (χ2n) is 5.72. The van der Waals surface area contributed by atoms with Gasteiger partial charge in [-0.3, -0.25) is 4.79 Å². The predicted molar refractivity (Wildman–Crippen MR) is 91.7 cm³/mol. The molecule has 1 aliphatic rings. The van der Waals surface area contributed by atoms with Gasteiger partial charge in [0.2, 0.25) is 5.88 Å². The van der Waals surface area contributed by atoms with E-state index in [4.69, 9.17) is 9.47 Å². The van der Waals surface area contributed by atoms with Crippen LogP contribution in [0.3, 0.4) is 0 Å². The maximum Gasteiger partial charge on any atom is 0.259 e. The van der Waals surface area contributed by atoms with E-state index in [1.165, 1.54) is 11.1 Å². The van der Waals surface area contributed by atoms with E-state index in [-0.39, 0.29) is 5.91 Å². The molecule has 0 N–H and O–H groups in total. The Morgan fingerprint density at radius 2 is 2.00 bits per heavy atom. The topological polar surface area (TPSA) is 51.7 Å². The summed E-state index contributed by atoms with van der Waals surface area (Å²) in [6.07, 6.45) is 3.31. The Labute approximate surface area is 142 Å². The monoisotopic (exact) mass is 326 g/mol. The molecule has 1 aliphatic heterocycles. The van der Waals surface area contributed by atoms with Crippen molar-refractivity contribution >= 4 is 5.91 Å². The number of amides is 1. The minimum atomic E-state index is -0.0219. The van der Waals surface area contributed by atoms with Crippen molar-refractivity contribution in [1.82, 2.24) is 9.88 Å². The van der Waals surface area contributed by atoms with Crippen LogP contribution in [0.15, 0.2) is 36.5 Å². The van der Waals surface area contributed by atoms with Crippen LogP contribution in [0.25, 0.3) is 0 Å². The molecule has 2 heterocycles. The normalized spacial score (nSPS) is 13.8. The van der Waals surface area contributed by atoms with Crippen LogP contribution in [0.5, 0.6) is 11.6 Å². The van der Waals surface area contributed by atoms with E-state index in [0.717, 1.165) is 18.6 Å². The van der Waals surface area contributed by atoms with Crippen LogP contribution in [-0.2, 0) is 12.8 Å². The molecule has 0 atom stereocenters. The van der Waals surface area contributed by atoms with E-state index in [1.807, 2.05) is 17.9 Å². The Bertz CT molecular complexity index is 730. The van der Waals surface area contributed by atoms with Gasteiger partial charge in [-0.1, -0.05) is 6.07 Å². The quantitative estimate of drug-likeness (QED) is 0.867. The zero-order valence-corrected chi connectivity index (χ0v) is 14.1. The van der Waals surface area contributed by atoms with Gasteiger partial charge in [0, 0.05) is 19.3 Å². The second kappa shape index (κ2) is 7.34. The summed E-state index contributed by atoms with van der Waals surface area (Å²) in [5, 5.41) is 0. The van der Waals surface area contributed by atoms with Gasteiger partial charge in [-0.05, 0) is 55.2 Å². The Hall–Kier alpha value is -2.56. The van der Waals surface area contributed by atoms with Crippen LogP contribution >= 0.6 is 0 Å². The smallest absolute Gasteiger partial charge is 0.259 e. The Kier molecular flexibility index (Phi) is 4.99. The van der Waals surface area contributed by atoms with Crippen molar-refractivity contribution in [2.75, 3.05) is 26.8 Å². The van der Waals surface area contributed by atoms with Gasteiger partial charge < -0.3 is 14.4 Å². The van der Waals surface area contributed by atoms with Crippen molar-refractivity contribution in [3.05, 3.63) is 53.2 Å². The lowest BCUT2D eigenvalue weighted by Gasteiger charge is -2.21. The lowest BCUT2D eigenvalue weighted by atomic mass is 10.0. The predicted octanol–water partition coefficient (Wildman–Crippen LogP) is 2.73. The number of carbonyl (C=O) groups excluding carboxylic acids is 1. The Balaban J connectivity index is 1.79. The number of nitrogens with zero attached hydrogens (tertiary/aromatic N) is 2. The highest BCUT2D eigenvalue weighted by molar-refractivity contribution is 5.96. The number of hydrogen-bond acceptors (Lipinski definition) is 4. The number of hydrogen-bond donors (Lipinski definition) is 0. The summed E-state index contributed by atoms with van der Waals surface area (Å²) in [5.41, 5.74) is 3.06. The van der Waals surface area contributed by atoms with E-state index in [1.54, 1.807) is 25.4 Å². The fraction of sp³-hybridized carbons (Fsp3) is 0.368. The molecule has 1 amide bonds. The number of pyridine rings is 1. The van der Waals surface area contributed by atoms with Crippen molar-refractivity contribution in [3.8, 4) is 11.6 Å². The average molecular weight is 326 g/mol. The zero-order chi connectivity index (χ0) is 16.9. The van der Waals surface area contributed by atoms with Crippen molar-refractivity contribution in [1.29, 1.82) is 0 Å². The third kappa shape index (κ3) is 3.35. The third-order valence-corrected chi connectivity index (χ3v) is 4.29. The number of aromatic nitrogens is 1. The van der Waals surface area contributed by atoms with E-state index in [0.29, 0.717) is 31.1 Å². The molecule has 0 fully saturated rings. The minimum absolute atomic E-state index is 0.0219. The highest BCUT2D eigenvalue weighted by Gasteiger charge is 2.23. The molecule has 1 aromatic heterocycles. The molecule has 0 unspecified atom stereocenters. The molecule has 3 rings (SSSR count). The van der Waals surface area contributed by atoms with Gasteiger partial charge in [-0.15, -0.1) is 0 Å². The van der Waals surface area contributed by atoms with Gasteiger partial charge in [0.15, 0.2) is 0 Å². The molecule has 126 valence electrons. The van der Waals surface area contributed by atoms with E-state index < -0.39 is 0 Å². The second-order valence-corrected chi connectivity index (χ2v) is 5.72. The standard InChI is InChI=1S/C19H22N2O3/c1-3-24-18-17(5-4-10-20-18)19(22)21-11-8-14-6-7-16(23-2)13-15(14)9-12-21/h4-7,10,13H,3,8-9,11-12H2,1-2H3. The first kappa shape index (κ1) is 16.3. The molecular formula is C19H22N2O3. The summed E-state index contributed by atoms with van der Waals surface area (Å²) in [6.45, 7) is 3.75. The zero-order valence-electron chi connectivity index (χ0n) is 14.1. The Morgan fingerprint density at radius 1 is 1.21 bits per heavy atom. The van der Waals surface area contributed by atoms with Crippen LogP contribution in [0, 0.1) is 0 Å². The van der Waals surface area contributed by atoms with E-state index >= 15 is 0 Å². The molecule has 0 saturated carbocycles. The van der Waals surface area contributed by atoms with Crippen molar-refractivity contribution < 1.29 is 14.3 Å². The summed E-state index contributed by atoms with van der Waals surface area (Å²) in [6, 6.07) is 9.69. The number of carbonyl (C=O) groups is 1. The molecule has 5 nitrogen and oxygen atoms in total. The van der Waals surface area contributed by atoms with Crippen molar-refractivity contribution in [2.45, 2.75) is 19.8 Å². The van der Waals surface area contributed by atoms with Gasteiger partial charge in [-0.25, -0.2) is 4.98 Å². The summed E-state index contributed by atoms with van der Waals surface area (Å²) >= 11 is 0. The maximum absolute atomic E-state index is 12.9. The van der Waals surface area contributed by atoms with E-state index in [2.05, 4.69) is 17.1 Å². The average Bonchev–Trinajstić information content (AvgIpc) is 2.84. The van der Waals surface area contributed by atoms with Gasteiger partial charge >= 0.3 is 0 Å². The number of ether oxygens (including phenoxy) is 2. The summed E-state index contributed by atoms with van der Waals surface area (Å²) in [5.74, 6) is 1.25. The molecule has 5 heteroatoms. The van der Waals surface area contributed by atoms with Gasteiger partial charge in [-0.2, -0.15) is 0 Å². The molecule has 0 aliphatic carbocycles. The number of benzene rings is 1. The lowest BCUT2D eigenvalue weighted by molar-refractivity contribution is 0.0758. The molecule has 1 aromatic carbocycles. The fourth-order valence-corrected chi connectivity index (χ4v) is 3.01. The summed E-state index contributed by atoms with van der Waals surface area (Å²) in [4.78, 5) is 19.0. The van der Waals surface area contributed by atoms with Crippen molar-refractivity contribution in [2.24, 2.45) is 0 Å². The number of fused-ring (bicyclic) bond motifs is 1. The van der Waals surface area contributed by atoms with Gasteiger partial charge in [0.05, 0.1) is 13.7 Å². The van der Waals surface area contributed by atoms with Crippen LogP contribution in [-0.4, -0.2) is 42.6 Å². The summed E-state index contributed by atoms with van der Waals surface area (Å²) in [7, 11) is 1.67. The van der Waals surface area contributed by atoms with Gasteiger partial charge in [0.1, 0.15) is 11.3 Å². The van der Waals surface area contributed by atoms with Crippen LogP contribution in [0.2, 0.25) is 0 Å². The first-order valence-corrected chi connectivity index (χ1v) is 8.25. The molecule has 0 saturated heterocycles. The molecular weight excluding hydrogens is 304 g/mol. The maximum atomic E-state index is 12.9. The number of rotatable bonds is 4. The fourth-order valence-electron chi connectivity index (χ4n) is 3.01. The molecule has 2 aromatic rings. The summed E-state index contributed by atoms with van der Waals surface area (Å²) < 4.78 is 10.8. The largest absolute Gasteiger partial charge is 0.497 e. The first-order valence-electron chi connectivity index (χ1n) is 8.25. The third-order valence-electron chi connectivity index (χ3n) is 4.29. The van der Waals surface area contributed by atoms with Crippen molar-refractivity contribution in [3.63, 3.8) is 0 Å². The Morgan fingerprint density at radius 3 is 2.75 bits per heavy atom. The molecule has 0 bridgehead atoms. The first-order chi connectivity index (χ1) is 11.7. The van der Waals surface area contributed by atoms with Crippen LogP contribution in [0.4, 0.5) is 0 Å². The van der Waals surface area contributed by atoms with Crippen LogP contribution < -0.4 is 9.47 Å². The lowest BCUT2D eigenvalue weighted by Crippen LogP contribution is -2.33. The highest BCUT2D eigenvalue weighted by atomic mass is 16.5. The molecule has 24 heavy (non-hydrogen) atoms. The minimum Gasteiger partial charge on any atom is -0.497 e. The van der Waals surface area contributed by atoms with Gasteiger partial charge in [0.25, 0.3) is 5.91 Å². The highest BCUT2D eigenvalue weighted by Crippen LogP contribution is 2.23. The molecule has 0 radical (unpaired) electrons. The van der Waals surface area contributed by atoms with Crippen LogP contribution in [0.1, 0.15) is 28.4 Å². The molecule has 0 spiro atoms. The number of methoxy groups -OCH3 is 1.